The standard InChI is InChI=1S/C93H119F3N16O22S/c1-9-10-25-71(92(133)112-46-60(116)41-73(112)87(128)101-57(47-113)40-79(121)122)108(6)91(132)75(38-53-21-15-12-16-22-53)110(8)89(130)69(36-55-33-62(94)80(96)63(95)34-55)102-77(118)49-135-48-70(82(123)100-44-76(97)117)107-83(124)66(32-50(2)3)104-84(125)67(35-54-26-28-58(114)29-27-54)105-85(126)68(39-56-43-99-64-24-18-17-23-61(56)64)106-88(129)74-42-59(115)45-111(74)90(131)65(30-31-78(119)120)103-86(127)72(37-52-19-13-11-14-20-52)109(7)93(134)81(98)51(4)5/h11-24,26-29,33-34,43,47,50-51,57,59-60,65-75,81,99,114-116H,9-10,25,30-32,35-42,44-46,48-49,98H2,1-8H3,(H2,97,117)(H,100,123)(H,101,128)(H,102,118)(H,103,127)(H,104,125)(H,105,126)(H,106,129)(H,107,124)(H,119,120)(H,121,122)/t57-,59+,60+,65-,66-,67-,68-,69-,70-,71-,72-,73+,74+,75-,81-/m0/s1. The Balaban J connectivity index is 1.05. The number of amides is 14. The molecule has 14 amide bonds. The SMILES string of the molecule is CCCC[C@@H](C(=O)N1C[C@H](O)C[C@@H]1C(=O)N[C@H](C=O)CC(=O)O)N(C)C(=O)[C@H](Cc1ccccc1)N(C)C(=O)[C@H](Cc1cc(F)c(F)c(F)c1)NC(=O)CSC[C@H](NC(=O)[C@H](CC(C)C)NC(=O)[C@H](Cc1ccc(O)cc1)NC(=O)[C@H](Cc1c[nH]c2ccccc12)NC(=O)[C@H]1C[C@@H](O)CN1C(=O)[C@H](CCC(=O)O)NC(=O)[C@H](Cc1ccccc1)N(C)C(=O)[C@@H](N)C(C)C)C(=O)NCC(N)=O. The predicted octanol–water partition coefficient (Wildman–Crippen LogP) is 0.695. The van der Waals surface area contributed by atoms with E-state index < -0.39 is 278 Å². The number of aldehydes is 1. The summed E-state index contributed by atoms with van der Waals surface area (Å²) in [6.45, 7) is 6.78. The number of aliphatic hydroxyl groups excluding tert-OH is 2. The summed E-state index contributed by atoms with van der Waals surface area (Å²) in [5.74, 6) is -24.1. The number of nitrogens with one attached hydrogen (secondary N) is 9. The minimum atomic E-state index is -1.89. The second kappa shape index (κ2) is 50.7. The van der Waals surface area contributed by atoms with Crippen molar-refractivity contribution >= 4 is 124 Å². The van der Waals surface area contributed by atoms with E-state index in [0.717, 1.165) is 31.5 Å². The number of primary amides is 1. The Morgan fingerprint density at radius 3 is 1.62 bits per heavy atom. The molecule has 2 aliphatic rings. The summed E-state index contributed by atoms with van der Waals surface area (Å²) in [7, 11) is 3.78. The van der Waals surface area contributed by atoms with Crippen LogP contribution in [-0.2, 0) is 114 Å². The van der Waals surface area contributed by atoms with E-state index in [9.17, 15) is 77.9 Å². The van der Waals surface area contributed by atoms with E-state index in [1.54, 1.807) is 126 Å². The Bertz CT molecular complexity index is 5190. The Morgan fingerprint density at radius 2 is 1.06 bits per heavy atom. The van der Waals surface area contributed by atoms with Crippen LogP contribution in [0.1, 0.15) is 120 Å². The van der Waals surface area contributed by atoms with Gasteiger partial charge in [0.2, 0.25) is 82.7 Å². The van der Waals surface area contributed by atoms with Crippen LogP contribution in [0.2, 0.25) is 0 Å². The number of aliphatic hydroxyl groups is 2. The van der Waals surface area contributed by atoms with Gasteiger partial charge >= 0.3 is 11.9 Å². The van der Waals surface area contributed by atoms with Gasteiger partial charge in [0, 0.05) is 108 Å². The number of nitrogens with zero attached hydrogens (tertiary/aromatic N) is 5. The number of halogens is 3. The molecule has 1 aromatic heterocycles. The number of hydrogen-bond acceptors (Lipinski definition) is 22. The van der Waals surface area contributed by atoms with Gasteiger partial charge in [-0.15, -0.1) is 11.8 Å². The lowest BCUT2D eigenvalue weighted by atomic mass is 9.99. The number of carboxylic acid groups (broad SMARTS) is 2. The fourth-order valence-corrected chi connectivity index (χ4v) is 16.8. The average Bonchev–Trinajstić information content (AvgIpc) is 1.73. The number of aliphatic carboxylic acids is 2. The fraction of sp³-hybridized carbons (Fsp3) is 0.473. The molecule has 2 aliphatic heterocycles. The smallest absolute Gasteiger partial charge is 0.305 e. The number of β-amino-alcohol motifs (C(OH)–C–C–N with tert-alkyl or cyclic N) is 2. The molecule has 38 nitrogen and oxygen atoms in total. The maximum absolute atomic E-state index is 15.4. The van der Waals surface area contributed by atoms with Crippen molar-refractivity contribution < 1.29 is 120 Å². The van der Waals surface area contributed by atoms with Crippen molar-refractivity contribution in [2.75, 3.05) is 52.3 Å². The van der Waals surface area contributed by atoms with Crippen molar-refractivity contribution in [1.82, 2.24) is 72.0 Å². The van der Waals surface area contributed by atoms with E-state index in [1.807, 2.05) is 0 Å². The molecule has 42 heteroatoms. The van der Waals surface area contributed by atoms with Crippen LogP contribution in [0, 0.1) is 29.3 Å². The molecule has 0 radical (unpaired) electrons. The van der Waals surface area contributed by atoms with Gasteiger partial charge in [0.1, 0.15) is 78.5 Å². The molecule has 0 unspecified atom stereocenters. The Morgan fingerprint density at radius 1 is 0.548 bits per heavy atom. The van der Waals surface area contributed by atoms with E-state index >= 15 is 42.3 Å². The summed E-state index contributed by atoms with van der Waals surface area (Å²) >= 11 is 0.638. The molecule has 5 aromatic carbocycles. The lowest BCUT2D eigenvalue weighted by Gasteiger charge is -2.37. The van der Waals surface area contributed by atoms with Crippen LogP contribution in [0.3, 0.4) is 0 Å². The molecular weight excluding hydrogens is 1780 g/mol. The van der Waals surface area contributed by atoms with E-state index in [4.69, 9.17) is 11.5 Å². The molecule has 0 bridgehead atoms. The third kappa shape index (κ3) is 30.8. The van der Waals surface area contributed by atoms with Crippen molar-refractivity contribution in [1.29, 1.82) is 0 Å². The molecule has 3 heterocycles. The highest BCUT2D eigenvalue weighted by molar-refractivity contribution is 8.00. The predicted molar refractivity (Wildman–Crippen MR) is 486 cm³/mol. The van der Waals surface area contributed by atoms with Crippen molar-refractivity contribution in [2.45, 2.75) is 215 Å². The summed E-state index contributed by atoms with van der Waals surface area (Å²) in [4.78, 5) is 248. The quantitative estimate of drug-likeness (QED) is 0.0185. The monoisotopic (exact) mass is 1900 g/mol. The van der Waals surface area contributed by atoms with Gasteiger partial charge < -0.3 is 114 Å². The van der Waals surface area contributed by atoms with Gasteiger partial charge in [0.05, 0.1) is 43.0 Å². The van der Waals surface area contributed by atoms with Crippen LogP contribution in [0.15, 0.2) is 128 Å². The summed E-state index contributed by atoms with van der Waals surface area (Å²) in [6, 6.07) is 9.80. The number of aromatic hydroxyl groups is 1. The lowest BCUT2D eigenvalue weighted by Crippen LogP contribution is -2.61. The Kier molecular flexibility index (Phi) is 40.1. The number of H-pyrrole nitrogens is 1. The van der Waals surface area contributed by atoms with E-state index in [-0.39, 0.29) is 62.0 Å². The zero-order valence-corrected chi connectivity index (χ0v) is 76.9. The third-order valence-electron chi connectivity index (χ3n) is 23.4. The van der Waals surface area contributed by atoms with Gasteiger partial charge in [-0.05, 0) is 89.2 Å². The summed E-state index contributed by atoms with van der Waals surface area (Å²) < 4.78 is 44.9. The van der Waals surface area contributed by atoms with Crippen molar-refractivity contribution in [3.05, 3.63) is 173 Å². The van der Waals surface area contributed by atoms with E-state index in [0.29, 0.717) is 69.9 Å². The third-order valence-corrected chi connectivity index (χ3v) is 24.4. The summed E-state index contributed by atoms with van der Waals surface area (Å²) in [6.07, 6.45) is -5.18. The minimum Gasteiger partial charge on any atom is -0.508 e. The summed E-state index contributed by atoms with van der Waals surface area (Å²) in [5, 5.41) is 72.8. The minimum absolute atomic E-state index is 0.0542. The average molecular weight is 1900 g/mol. The van der Waals surface area contributed by atoms with Gasteiger partial charge in [-0.3, -0.25) is 76.7 Å². The second-order valence-electron chi connectivity index (χ2n) is 34.5. The molecule has 15 atom stereocenters. The van der Waals surface area contributed by atoms with Crippen molar-refractivity contribution in [2.24, 2.45) is 23.3 Å². The van der Waals surface area contributed by atoms with Gasteiger partial charge in [-0.1, -0.05) is 138 Å². The molecular formula is C93H119F3N16O22S. The first-order valence-corrected chi connectivity index (χ1v) is 45.3. The first-order chi connectivity index (χ1) is 64.0. The van der Waals surface area contributed by atoms with Gasteiger partial charge in [-0.2, -0.15) is 0 Å². The first-order valence-electron chi connectivity index (χ1n) is 44.2. The number of nitrogens with two attached hydrogens (primary N) is 2. The number of likely N-dealkylation sites (N-methyl/N-ethyl adjacent to an activating group) is 3. The number of para-hydroxylation sites is 1. The number of aromatic nitrogens is 1. The molecule has 0 spiro atoms. The van der Waals surface area contributed by atoms with Crippen LogP contribution in [0.4, 0.5) is 13.2 Å². The maximum Gasteiger partial charge on any atom is 0.305 e. The number of unbranched alkanes of at least 4 members (excludes halogenated alkanes) is 1. The number of carbonyl (C=O) groups is 17. The number of thioether (sulfide) groups is 1. The largest absolute Gasteiger partial charge is 0.508 e. The van der Waals surface area contributed by atoms with Gasteiger partial charge in [0.25, 0.3) is 0 Å². The Labute approximate surface area is 781 Å². The number of hydrogen-bond donors (Lipinski definition) is 16. The number of carboxylic acids is 2. The highest BCUT2D eigenvalue weighted by Crippen LogP contribution is 2.29. The zero-order chi connectivity index (χ0) is 99.4. The molecule has 0 aliphatic carbocycles. The van der Waals surface area contributed by atoms with Crippen LogP contribution < -0.4 is 54.0 Å². The van der Waals surface area contributed by atoms with Crippen LogP contribution in [-0.4, -0.2) is 299 Å². The molecule has 2 saturated heterocycles. The topological polar surface area (TPSA) is 572 Å². The second-order valence-corrected chi connectivity index (χ2v) is 35.6. The molecule has 18 N–H and O–H groups in total. The highest BCUT2D eigenvalue weighted by atomic mass is 32.2. The molecule has 8 rings (SSSR count). The number of phenols is 1. The van der Waals surface area contributed by atoms with Crippen LogP contribution in [0.5, 0.6) is 5.75 Å². The van der Waals surface area contributed by atoms with E-state index in [2.05, 4.69) is 47.5 Å². The van der Waals surface area contributed by atoms with Crippen molar-refractivity contribution in [3.63, 3.8) is 0 Å². The number of aromatic amines is 1. The molecule has 730 valence electrons. The number of phenolic OH excluding ortho intramolecular Hbond substituents is 1. The zero-order valence-electron chi connectivity index (χ0n) is 76.1. The normalized spacial score (nSPS) is 17.1. The molecule has 0 saturated carbocycles. The maximum atomic E-state index is 15.4. The van der Waals surface area contributed by atoms with Crippen LogP contribution in [0.25, 0.3) is 10.9 Å². The van der Waals surface area contributed by atoms with Crippen molar-refractivity contribution in [3.8, 4) is 5.75 Å². The summed E-state index contributed by atoms with van der Waals surface area (Å²) in [5.41, 5.74) is 13.7. The molecule has 135 heavy (non-hydrogen) atoms. The van der Waals surface area contributed by atoms with Crippen LogP contribution >= 0.6 is 11.8 Å². The van der Waals surface area contributed by atoms with E-state index in [1.165, 1.54) is 38.4 Å². The molecule has 2 fully saturated rings. The number of carbonyl (C=O) groups excluding carboxylic acids is 15. The molecule has 6 aromatic rings. The number of rotatable bonds is 50. The highest BCUT2D eigenvalue weighted by Gasteiger charge is 2.48. The number of benzene rings is 5. The fourth-order valence-electron chi connectivity index (χ4n) is 16.0. The number of fused-ring (bicyclic) bond motifs is 1. The first kappa shape index (κ1) is 107. The van der Waals surface area contributed by atoms with Gasteiger partial charge in [0.15, 0.2) is 17.5 Å². The van der Waals surface area contributed by atoms with Gasteiger partial charge in [-0.25, -0.2) is 13.2 Å². The number of likely N-dealkylation sites (tertiary alicyclic amines) is 2. The lowest BCUT2D eigenvalue weighted by molar-refractivity contribution is -0.152. The Hall–Kier alpha value is -13.4.